The van der Waals surface area contributed by atoms with Gasteiger partial charge in [-0.1, -0.05) is 47.5 Å². The van der Waals surface area contributed by atoms with Gasteiger partial charge in [0, 0.05) is 30.2 Å². The molecule has 0 saturated heterocycles. The second-order valence-electron chi connectivity index (χ2n) is 5.40. The van der Waals surface area contributed by atoms with Crippen molar-refractivity contribution < 1.29 is 4.79 Å². The highest BCUT2D eigenvalue weighted by atomic mass is 35.5. The summed E-state index contributed by atoms with van der Waals surface area (Å²) < 4.78 is 0. The summed E-state index contributed by atoms with van der Waals surface area (Å²) in [5.41, 5.74) is 4.41. The van der Waals surface area contributed by atoms with Crippen LogP contribution in [0.2, 0.25) is 5.02 Å². The highest BCUT2D eigenvalue weighted by Crippen LogP contribution is 2.19. The molecule has 0 aliphatic carbocycles. The van der Waals surface area contributed by atoms with E-state index in [4.69, 9.17) is 11.6 Å². The minimum absolute atomic E-state index is 0.0350. The lowest BCUT2D eigenvalue weighted by Gasteiger charge is -2.10. The van der Waals surface area contributed by atoms with Crippen LogP contribution in [-0.2, 0) is 11.3 Å². The molecule has 22 heavy (non-hydrogen) atoms. The van der Waals surface area contributed by atoms with E-state index in [2.05, 4.69) is 10.6 Å². The SMILES string of the molecule is Cc1ccc(CNC(=O)CCNc2cc(Cl)ccc2C)cc1. The van der Waals surface area contributed by atoms with Crippen molar-refractivity contribution in [1.29, 1.82) is 0 Å². The van der Waals surface area contributed by atoms with Crippen LogP contribution >= 0.6 is 11.6 Å². The fourth-order valence-corrected chi connectivity index (χ4v) is 2.26. The summed E-state index contributed by atoms with van der Waals surface area (Å²) in [6, 6.07) is 13.8. The Morgan fingerprint density at radius 3 is 2.55 bits per heavy atom. The Morgan fingerprint density at radius 1 is 1.09 bits per heavy atom. The Balaban J connectivity index is 1.73. The van der Waals surface area contributed by atoms with Crippen molar-refractivity contribution in [2.24, 2.45) is 0 Å². The highest BCUT2D eigenvalue weighted by molar-refractivity contribution is 6.30. The summed E-state index contributed by atoms with van der Waals surface area (Å²) in [6.45, 7) is 5.21. The van der Waals surface area contributed by atoms with Crippen LogP contribution in [0.15, 0.2) is 42.5 Å². The molecule has 116 valence electrons. The van der Waals surface area contributed by atoms with Crippen LogP contribution in [0, 0.1) is 13.8 Å². The van der Waals surface area contributed by atoms with Crippen molar-refractivity contribution in [2.45, 2.75) is 26.8 Å². The van der Waals surface area contributed by atoms with Gasteiger partial charge in [-0.3, -0.25) is 4.79 Å². The number of carbonyl (C=O) groups is 1. The van der Waals surface area contributed by atoms with Crippen molar-refractivity contribution in [3.63, 3.8) is 0 Å². The number of amides is 1. The Bertz CT molecular complexity index is 638. The number of carbonyl (C=O) groups excluding carboxylic acids is 1. The van der Waals surface area contributed by atoms with Gasteiger partial charge in [0.1, 0.15) is 0 Å². The molecule has 3 nitrogen and oxygen atoms in total. The molecule has 0 unspecified atom stereocenters. The van der Waals surface area contributed by atoms with Gasteiger partial charge in [0.15, 0.2) is 0 Å². The molecule has 0 saturated carbocycles. The maximum Gasteiger partial charge on any atom is 0.222 e. The standard InChI is InChI=1S/C18H21ClN2O/c1-13-3-6-15(7-4-13)12-21-18(22)9-10-20-17-11-16(19)8-5-14(17)2/h3-8,11,20H,9-10,12H2,1-2H3,(H,21,22). The van der Waals surface area contributed by atoms with Gasteiger partial charge in [0.25, 0.3) is 0 Å². The average molecular weight is 317 g/mol. The summed E-state index contributed by atoms with van der Waals surface area (Å²) in [5.74, 6) is 0.0350. The van der Waals surface area contributed by atoms with Crippen molar-refractivity contribution in [1.82, 2.24) is 5.32 Å². The number of aryl methyl sites for hydroxylation is 2. The normalized spacial score (nSPS) is 10.3. The van der Waals surface area contributed by atoms with E-state index in [0.29, 0.717) is 24.5 Å². The van der Waals surface area contributed by atoms with Gasteiger partial charge in [-0.15, -0.1) is 0 Å². The molecular weight excluding hydrogens is 296 g/mol. The van der Waals surface area contributed by atoms with Gasteiger partial charge in [-0.05, 0) is 37.1 Å². The van der Waals surface area contributed by atoms with Crippen molar-refractivity contribution in [2.75, 3.05) is 11.9 Å². The van der Waals surface area contributed by atoms with Crippen LogP contribution in [-0.4, -0.2) is 12.5 Å². The van der Waals surface area contributed by atoms with Gasteiger partial charge in [0.2, 0.25) is 5.91 Å². The average Bonchev–Trinajstić information content (AvgIpc) is 2.50. The second kappa shape index (κ2) is 7.85. The molecule has 2 N–H and O–H groups in total. The van der Waals surface area contributed by atoms with Crippen LogP contribution in [0.1, 0.15) is 23.1 Å². The summed E-state index contributed by atoms with van der Waals surface area (Å²) in [5, 5.41) is 6.86. The van der Waals surface area contributed by atoms with Gasteiger partial charge >= 0.3 is 0 Å². The Kier molecular flexibility index (Phi) is 5.84. The highest BCUT2D eigenvalue weighted by Gasteiger charge is 2.03. The number of benzene rings is 2. The second-order valence-corrected chi connectivity index (χ2v) is 5.83. The Hall–Kier alpha value is -2.00. The molecule has 0 heterocycles. The number of halogens is 1. The number of anilines is 1. The predicted octanol–water partition coefficient (Wildman–Crippen LogP) is 4.08. The molecule has 2 aromatic rings. The van der Waals surface area contributed by atoms with E-state index in [1.807, 2.05) is 56.3 Å². The summed E-state index contributed by atoms with van der Waals surface area (Å²) in [4.78, 5) is 11.8. The molecule has 0 aliphatic heterocycles. The predicted molar refractivity (Wildman–Crippen MR) is 92.3 cm³/mol. The first-order valence-electron chi connectivity index (χ1n) is 7.37. The van der Waals surface area contributed by atoms with Gasteiger partial charge < -0.3 is 10.6 Å². The van der Waals surface area contributed by atoms with E-state index < -0.39 is 0 Å². The minimum atomic E-state index is 0.0350. The van der Waals surface area contributed by atoms with Crippen molar-refractivity contribution in [3.8, 4) is 0 Å². The lowest BCUT2D eigenvalue weighted by Crippen LogP contribution is -2.24. The molecule has 2 rings (SSSR count). The largest absolute Gasteiger partial charge is 0.384 e. The fourth-order valence-electron chi connectivity index (χ4n) is 2.09. The molecule has 0 aromatic heterocycles. The lowest BCUT2D eigenvalue weighted by atomic mass is 10.1. The molecule has 0 spiro atoms. The smallest absolute Gasteiger partial charge is 0.222 e. The fraction of sp³-hybridized carbons (Fsp3) is 0.278. The molecule has 1 amide bonds. The van der Waals surface area contributed by atoms with Gasteiger partial charge in [-0.2, -0.15) is 0 Å². The first kappa shape index (κ1) is 16.4. The summed E-state index contributed by atoms with van der Waals surface area (Å²) >= 11 is 5.97. The minimum Gasteiger partial charge on any atom is -0.384 e. The topological polar surface area (TPSA) is 41.1 Å². The molecule has 0 radical (unpaired) electrons. The monoisotopic (exact) mass is 316 g/mol. The van der Waals surface area contributed by atoms with E-state index in [9.17, 15) is 4.79 Å². The zero-order valence-corrected chi connectivity index (χ0v) is 13.7. The van der Waals surface area contributed by atoms with Gasteiger partial charge in [-0.25, -0.2) is 0 Å². The van der Waals surface area contributed by atoms with E-state index >= 15 is 0 Å². The Morgan fingerprint density at radius 2 is 1.82 bits per heavy atom. The first-order chi connectivity index (χ1) is 10.5. The number of rotatable bonds is 6. The van der Waals surface area contributed by atoms with E-state index in [0.717, 1.165) is 16.8 Å². The molecule has 0 aliphatic rings. The van der Waals surface area contributed by atoms with E-state index in [-0.39, 0.29) is 5.91 Å². The molecule has 2 aromatic carbocycles. The van der Waals surface area contributed by atoms with Crippen LogP contribution in [0.3, 0.4) is 0 Å². The summed E-state index contributed by atoms with van der Waals surface area (Å²) in [6.07, 6.45) is 0.428. The molecule has 0 atom stereocenters. The molecule has 0 bridgehead atoms. The van der Waals surface area contributed by atoms with Crippen LogP contribution in [0.25, 0.3) is 0 Å². The third-order valence-electron chi connectivity index (χ3n) is 3.48. The van der Waals surface area contributed by atoms with Crippen LogP contribution in [0.4, 0.5) is 5.69 Å². The van der Waals surface area contributed by atoms with Crippen molar-refractivity contribution >= 4 is 23.2 Å². The van der Waals surface area contributed by atoms with Crippen LogP contribution in [0.5, 0.6) is 0 Å². The zero-order chi connectivity index (χ0) is 15.9. The first-order valence-corrected chi connectivity index (χ1v) is 7.74. The lowest BCUT2D eigenvalue weighted by molar-refractivity contribution is -0.121. The molecule has 0 fully saturated rings. The van der Waals surface area contributed by atoms with Gasteiger partial charge in [0.05, 0.1) is 0 Å². The van der Waals surface area contributed by atoms with E-state index in [1.54, 1.807) is 0 Å². The Labute approximate surface area is 136 Å². The van der Waals surface area contributed by atoms with Crippen LogP contribution < -0.4 is 10.6 Å². The number of hydrogen-bond acceptors (Lipinski definition) is 2. The number of nitrogens with one attached hydrogen (secondary N) is 2. The van der Waals surface area contributed by atoms with E-state index in [1.165, 1.54) is 5.56 Å². The maximum atomic E-state index is 11.8. The van der Waals surface area contributed by atoms with Crippen molar-refractivity contribution in [3.05, 3.63) is 64.2 Å². The third-order valence-corrected chi connectivity index (χ3v) is 3.71. The zero-order valence-electron chi connectivity index (χ0n) is 12.9. The summed E-state index contributed by atoms with van der Waals surface area (Å²) in [7, 11) is 0. The molecular formula is C18H21ClN2O. The number of hydrogen-bond donors (Lipinski definition) is 2. The quantitative estimate of drug-likeness (QED) is 0.843. The molecule has 4 heteroatoms. The maximum absolute atomic E-state index is 11.8. The third kappa shape index (κ3) is 5.08.